The van der Waals surface area contributed by atoms with Gasteiger partial charge in [-0.15, -0.1) is 11.3 Å². The number of hydrogen-bond donors (Lipinski definition) is 4. The predicted octanol–water partition coefficient (Wildman–Crippen LogP) is 2.09. The van der Waals surface area contributed by atoms with E-state index in [9.17, 15) is 15.3 Å². The third kappa shape index (κ3) is 3.63. The number of furan rings is 1. The molecule has 4 N–H and O–H groups in total. The molecule has 9 heteroatoms. The van der Waals surface area contributed by atoms with Crippen LogP contribution in [0.15, 0.2) is 50.4 Å². The van der Waals surface area contributed by atoms with Crippen molar-refractivity contribution in [3.63, 3.8) is 0 Å². The lowest BCUT2D eigenvalue weighted by atomic mass is 10.2. The molecule has 2 aromatic heterocycles. The zero-order valence-corrected chi connectivity index (χ0v) is 14.4. The summed E-state index contributed by atoms with van der Waals surface area (Å²) in [7, 11) is 0. The summed E-state index contributed by atoms with van der Waals surface area (Å²) in [6.45, 7) is 0.485. The molecular weight excluding hydrogens is 358 g/mol. The Balaban J connectivity index is 2.04. The molecule has 0 unspecified atom stereocenters. The molecule has 3 rings (SSSR count). The molecule has 26 heavy (non-hydrogen) atoms. The van der Waals surface area contributed by atoms with Crippen molar-refractivity contribution in [1.82, 2.24) is 4.68 Å². The monoisotopic (exact) mass is 375 g/mol. The molecule has 8 nitrogen and oxygen atoms in total. The molecule has 0 radical (unpaired) electrons. The topological polar surface area (TPSA) is 124 Å². The fourth-order valence-corrected chi connectivity index (χ4v) is 3.01. The molecule has 136 valence electrons. The highest BCUT2D eigenvalue weighted by Gasteiger charge is 2.12. The first-order chi connectivity index (χ1) is 12.6. The second-order valence-electron chi connectivity index (χ2n) is 5.27. The minimum Gasteiger partial charge on any atom is -0.504 e. The fourth-order valence-electron chi connectivity index (χ4n) is 2.17. The highest BCUT2D eigenvalue weighted by molar-refractivity contribution is 7.07. The van der Waals surface area contributed by atoms with Crippen LogP contribution in [-0.4, -0.2) is 44.5 Å². The van der Waals surface area contributed by atoms with Crippen LogP contribution in [-0.2, 0) is 0 Å². The van der Waals surface area contributed by atoms with Gasteiger partial charge in [-0.3, -0.25) is 4.99 Å². The van der Waals surface area contributed by atoms with Crippen molar-refractivity contribution in [3.05, 3.63) is 46.3 Å². The number of rotatable bonds is 6. The van der Waals surface area contributed by atoms with Crippen molar-refractivity contribution in [2.24, 2.45) is 10.1 Å². The number of hydrogen-bond acceptors (Lipinski definition) is 8. The summed E-state index contributed by atoms with van der Waals surface area (Å²) in [5, 5.41) is 44.0. The van der Waals surface area contributed by atoms with E-state index in [0.717, 1.165) is 0 Å². The number of aliphatic hydroxyl groups excluding tert-OH is 1. The first-order valence-electron chi connectivity index (χ1n) is 7.76. The number of phenols is 3. The van der Waals surface area contributed by atoms with E-state index < -0.39 is 17.2 Å². The summed E-state index contributed by atoms with van der Waals surface area (Å²) in [6, 6.07) is 6.23. The normalized spacial score (nSPS) is 12.3. The van der Waals surface area contributed by atoms with E-state index in [-0.39, 0.29) is 12.2 Å². The summed E-state index contributed by atoms with van der Waals surface area (Å²) >= 11 is 1.36. The van der Waals surface area contributed by atoms with E-state index in [1.165, 1.54) is 29.7 Å². The Morgan fingerprint density at radius 1 is 1.15 bits per heavy atom. The molecule has 0 bridgehead atoms. The van der Waals surface area contributed by atoms with Crippen LogP contribution >= 0.6 is 11.3 Å². The molecule has 0 atom stereocenters. The van der Waals surface area contributed by atoms with Crippen LogP contribution in [0.4, 0.5) is 0 Å². The SMILES string of the molecule is OCCCN=c1scc(-c2ccco2)n1/N=C/c1ccc(O)c(O)c1O. The lowest BCUT2D eigenvalue weighted by Crippen LogP contribution is -2.13. The van der Waals surface area contributed by atoms with Crippen molar-refractivity contribution < 1.29 is 24.8 Å². The number of aromatic hydroxyl groups is 3. The summed E-state index contributed by atoms with van der Waals surface area (Å²) in [5.41, 5.74) is 0.896. The lowest BCUT2D eigenvalue weighted by Gasteiger charge is -2.04. The molecule has 0 saturated carbocycles. The molecule has 0 aliphatic rings. The highest BCUT2D eigenvalue weighted by atomic mass is 32.1. The molecule has 1 aromatic carbocycles. The summed E-state index contributed by atoms with van der Waals surface area (Å²) in [5.74, 6) is -0.898. The Hall–Kier alpha value is -3.04. The van der Waals surface area contributed by atoms with Crippen LogP contribution in [0.1, 0.15) is 12.0 Å². The first-order valence-corrected chi connectivity index (χ1v) is 8.63. The maximum atomic E-state index is 9.93. The Bertz CT molecular complexity index is 973. The highest BCUT2D eigenvalue weighted by Crippen LogP contribution is 2.36. The first kappa shape index (κ1) is 17.8. The van der Waals surface area contributed by atoms with E-state index in [2.05, 4.69) is 10.1 Å². The zero-order chi connectivity index (χ0) is 18.5. The van der Waals surface area contributed by atoms with Gasteiger partial charge in [0.1, 0.15) is 5.69 Å². The minimum absolute atomic E-state index is 0.0455. The predicted molar refractivity (Wildman–Crippen MR) is 96.6 cm³/mol. The average molecular weight is 375 g/mol. The van der Waals surface area contributed by atoms with Crippen molar-refractivity contribution in [1.29, 1.82) is 0 Å². The Morgan fingerprint density at radius 2 is 2.00 bits per heavy atom. The summed E-state index contributed by atoms with van der Waals surface area (Å²) in [4.78, 5) is 4.99. The van der Waals surface area contributed by atoms with Gasteiger partial charge in [0.15, 0.2) is 17.3 Å². The van der Waals surface area contributed by atoms with E-state index in [1.54, 1.807) is 23.1 Å². The van der Waals surface area contributed by atoms with Crippen LogP contribution in [0, 0.1) is 0 Å². The molecule has 0 fully saturated rings. The second-order valence-corrected chi connectivity index (χ2v) is 6.10. The maximum Gasteiger partial charge on any atom is 0.206 e. The molecule has 0 aliphatic carbocycles. The van der Waals surface area contributed by atoms with Crippen LogP contribution in [0.5, 0.6) is 17.2 Å². The average Bonchev–Trinajstić information content (AvgIpc) is 3.29. The second kappa shape index (κ2) is 7.89. The molecule has 2 heterocycles. The minimum atomic E-state index is -0.608. The Morgan fingerprint density at radius 3 is 2.73 bits per heavy atom. The smallest absolute Gasteiger partial charge is 0.206 e. The van der Waals surface area contributed by atoms with Crippen molar-refractivity contribution in [3.8, 4) is 28.7 Å². The van der Waals surface area contributed by atoms with Gasteiger partial charge in [0.25, 0.3) is 0 Å². The van der Waals surface area contributed by atoms with Gasteiger partial charge in [0.05, 0.1) is 12.5 Å². The Labute approximate surface area is 152 Å². The Kier molecular flexibility index (Phi) is 5.40. The number of aliphatic hydroxyl groups is 1. The van der Waals surface area contributed by atoms with E-state index in [1.807, 2.05) is 5.38 Å². The summed E-state index contributed by atoms with van der Waals surface area (Å²) in [6.07, 6.45) is 3.43. The quantitative estimate of drug-likeness (QED) is 0.298. The number of phenolic OH excluding ortho intramolecular Hbond substituents is 3. The third-order valence-electron chi connectivity index (χ3n) is 3.50. The van der Waals surface area contributed by atoms with E-state index in [4.69, 9.17) is 9.52 Å². The summed E-state index contributed by atoms with van der Waals surface area (Å²) < 4.78 is 6.96. The van der Waals surface area contributed by atoms with Crippen LogP contribution in [0.25, 0.3) is 11.5 Å². The van der Waals surface area contributed by atoms with Gasteiger partial charge in [-0.1, -0.05) is 0 Å². The van der Waals surface area contributed by atoms with Gasteiger partial charge in [0, 0.05) is 24.1 Å². The van der Waals surface area contributed by atoms with Crippen molar-refractivity contribution >= 4 is 17.6 Å². The number of aromatic nitrogens is 1. The van der Waals surface area contributed by atoms with Crippen LogP contribution < -0.4 is 4.80 Å². The van der Waals surface area contributed by atoms with Gasteiger partial charge < -0.3 is 24.8 Å². The molecule has 0 saturated heterocycles. The van der Waals surface area contributed by atoms with E-state index in [0.29, 0.717) is 29.2 Å². The number of benzene rings is 1. The number of thiazole rings is 1. The van der Waals surface area contributed by atoms with Gasteiger partial charge in [-0.05, 0) is 30.7 Å². The van der Waals surface area contributed by atoms with Gasteiger partial charge >= 0.3 is 0 Å². The third-order valence-corrected chi connectivity index (χ3v) is 4.35. The fraction of sp³-hybridized carbons (Fsp3) is 0.176. The largest absolute Gasteiger partial charge is 0.504 e. The molecule has 0 spiro atoms. The number of nitrogens with zero attached hydrogens (tertiary/aromatic N) is 3. The molecule has 3 aromatic rings. The van der Waals surface area contributed by atoms with Crippen LogP contribution in [0.2, 0.25) is 0 Å². The maximum absolute atomic E-state index is 9.93. The van der Waals surface area contributed by atoms with Crippen molar-refractivity contribution in [2.75, 3.05) is 13.2 Å². The zero-order valence-electron chi connectivity index (χ0n) is 13.6. The lowest BCUT2D eigenvalue weighted by molar-refractivity contribution is 0.291. The molecular formula is C17H17N3O5S. The molecule has 0 aliphatic heterocycles. The van der Waals surface area contributed by atoms with Crippen molar-refractivity contribution in [2.45, 2.75) is 6.42 Å². The molecule has 0 amide bonds. The van der Waals surface area contributed by atoms with Gasteiger partial charge in [-0.2, -0.15) is 5.10 Å². The standard InChI is InChI=1S/C17H17N3O5S/c21-7-2-6-18-17-20(12(10-26-17)14-3-1-8-25-14)19-9-11-4-5-13(22)16(24)15(11)23/h1,3-5,8-10,21-24H,2,6-7H2/b18-17?,19-9+. The van der Waals surface area contributed by atoms with Crippen LogP contribution in [0.3, 0.4) is 0 Å². The van der Waals surface area contributed by atoms with E-state index >= 15 is 0 Å². The van der Waals surface area contributed by atoms with Gasteiger partial charge in [0.2, 0.25) is 10.6 Å². The van der Waals surface area contributed by atoms with Gasteiger partial charge in [-0.25, -0.2) is 4.68 Å².